The number of ether oxygens (including phenoxy) is 2. The SMILES string of the molecule is CC(C)(C)OC(=O)n1ncc2cc(N(Cc3cccc([N+](=O)[O-])c3)C3CCCNC3)ccc21.Cc1ccc(CN(c2ccc3c(cnn3C(=O)OC(C)(C)C)c2)C2CCCNC2)cc1[N+](=O)[O-]. The van der Waals surface area contributed by atoms with Gasteiger partial charge in [0.1, 0.15) is 11.2 Å². The third-order valence-corrected chi connectivity index (χ3v) is 11.6. The van der Waals surface area contributed by atoms with Crippen molar-refractivity contribution in [1.29, 1.82) is 0 Å². The minimum absolute atomic E-state index is 0.0864. The molecule has 2 aliphatic heterocycles. The molecule has 2 atom stereocenters. The second-order valence-electron chi connectivity index (χ2n) is 19.1. The molecule has 0 amide bonds. The molecule has 2 N–H and O–H groups in total. The molecule has 0 aliphatic carbocycles. The van der Waals surface area contributed by atoms with Crippen LogP contribution in [0.4, 0.5) is 32.3 Å². The summed E-state index contributed by atoms with van der Waals surface area (Å²) in [4.78, 5) is 51.6. The number of aromatic nitrogens is 4. The van der Waals surface area contributed by atoms with Gasteiger partial charge in [0.15, 0.2) is 0 Å². The molecule has 2 unspecified atom stereocenters. The quantitative estimate of drug-likeness (QED) is 0.0971. The summed E-state index contributed by atoms with van der Waals surface area (Å²) >= 11 is 0. The van der Waals surface area contributed by atoms with Crippen LogP contribution in [0.3, 0.4) is 0 Å². The van der Waals surface area contributed by atoms with E-state index in [4.69, 9.17) is 9.47 Å². The number of nitrogens with one attached hydrogen (secondary N) is 2. The third-order valence-electron chi connectivity index (χ3n) is 11.6. The lowest BCUT2D eigenvalue weighted by atomic mass is 10.0. The van der Waals surface area contributed by atoms with Gasteiger partial charge in [-0.15, -0.1) is 0 Å². The lowest BCUT2D eigenvalue weighted by molar-refractivity contribution is -0.385. The molecular weight excluding hydrogens is 857 g/mol. The fourth-order valence-electron chi connectivity index (χ4n) is 8.47. The van der Waals surface area contributed by atoms with E-state index >= 15 is 0 Å². The van der Waals surface area contributed by atoms with Gasteiger partial charge < -0.3 is 29.9 Å². The van der Waals surface area contributed by atoms with E-state index in [9.17, 15) is 29.8 Å². The van der Waals surface area contributed by atoms with Crippen LogP contribution in [0.5, 0.6) is 0 Å². The number of hydrogen-bond acceptors (Lipinski definition) is 14. The van der Waals surface area contributed by atoms with Crippen LogP contribution in [0.25, 0.3) is 21.8 Å². The van der Waals surface area contributed by atoms with E-state index in [-0.39, 0.29) is 33.3 Å². The van der Waals surface area contributed by atoms with E-state index in [1.165, 1.54) is 15.4 Å². The maximum absolute atomic E-state index is 12.6. The van der Waals surface area contributed by atoms with Crippen LogP contribution in [0, 0.1) is 27.2 Å². The van der Waals surface area contributed by atoms with Crippen molar-refractivity contribution < 1.29 is 28.9 Å². The van der Waals surface area contributed by atoms with Gasteiger partial charge >= 0.3 is 12.2 Å². The van der Waals surface area contributed by atoms with Gasteiger partial charge in [-0.25, -0.2) is 9.59 Å². The highest BCUT2D eigenvalue weighted by atomic mass is 16.6. The van der Waals surface area contributed by atoms with Crippen molar-refractivity contribution >= 4 is 56.7 Å². The first-order valence-corrected chi connectivity index (χ1v) is 22.7. The molecule has 18 nitrogen and oxygen atoms in total. The fourth-order valence-corrected chi connectivity index (χ4v) is 8.47. The van der Waals surface area contributed by atoms with Crippen molar-refractivity contribution in [3.8, 4) is 0 Å². The van der Waals surface area contributed by atoms with Gasteiger partial charge in [0, 0.05) is 84.2 Å². The standard InChI is InChI=1S/C25H31N5O4.C24H29N5O4/c1-17-7-8-18(12-23(17)30(32)33)16-28(21-6-5-11-26-15-21)20-9-10-22-19(13-20)14-27-29(22)24(31)34-25(2,3)4;1-24(2,3)33-23(30)28-22-10-9-19(13-18(22)14-26-28)27(21-8-5-11-25-15-21)16-17-6-4-7-20(12-17)29(31)32/h7-10,12-14,21,26H,5-6,11,15-16H2,1-4H3;4,6-7,9-10,12-14,21,25H,5,8,11,15-16H2,1-3H3. The van der Waals surface area contributed by atoms with Gasteiger partial charge in [0.25, 0.3) is 11.4 Å². The molecule has 4 aromatic carbocycles. The Hall–Kier alpha value is -6.92. The number of piperidine rings is 2. The Bertz CT molecular complexity index is 2740. The number of fused-ring (bicyclic) bond motifs is 2. The summed E-state index contributed by atoms with van der Waals surface area (Å²) < 4.78 is 13.5. The summed E-state index contributed by atoms with van der Waals surface area (Å²) in [5.41, 5.74) is 4.70. The van der Waals surface area contributed by atoms with Crippen LogP contribution in [-0.2, 0) is 22.6 Å². The number of benzene rings is 4. The van der Waals surface area contributed by atoms with Crippen molar-refractivity contribution in [2.75, 3.05) is 36.0 Å². The van der Waals surface area contributed by atoms with E-state index in [2.05, 4.69) is 30.6 Å². The number of hydrogen-bond donors (Lipinski definition) is 2. The van der Waals surface area contributed by atoms with E-state index in [0.717, 1.165) is 85.1 Å². The van der Waals surface area contributed by atoms with Gasteiger partial charge in [0.05, 0.1) is 33.3 Å². The van der Waals surface area contributed by atoms with Crippen molar-refractivity contribution in [1.82, 2.24) is 30.2 Å². The Labute approximate surface area is 389 Å². The molecule has 0 spiro atoms. The molecule has 2 aliphatic rings. The average Bonchev–Trinajstić information content (AvgIpc) is 3.92. The summed E-state index contributed by atoms with van der Waals surface area (Å²) in [7, 11) is 0. The molecular formula is C49H60N10O8. The first-order chi connectivity index (χ1) is 31.8. The highest BCUT2D eigenvalue weighted by Gasteiger charge is 2.27. The maximum atomic E-state index is 12.6. The van der Waals surface area contributed by atoms with Crippen LogP contribution in [0.1, 0.15) is 83.9 Å². The normalized spacial score (nSPS) is 16.5. The summed E-state index contributed by atoms with van der Waals surface area (Å²) in [6, 6.07) is 24.4. The van der Waals surface area contributed by atoms with Crippen molar-refractivity contribution in [3.63, 3.8) is 0 Å². The molecule has 2 saturated heterocycles. The van der Waals surface area contributed by atoms with Crippen molar-refractivity contribution in [2.45, 2.75) is 111 Å². The smallest absolute Gasteiger partial charge is 0.435 e. The number of aryl methyl sites for hydroxylation is 1. The lowest BCUT2D eigenvalue weighted by Crippen LogP contribution is -2.45. The number of non-ortho nitro benzene ring substituents is 1. The molecule has 8 rings (SSSR count). The number of carbonyl (C=O) groups is 2. The number of nitro groups is 2. The fraction of sp³-hybridized carbons (Fsp3) is 0.429. The van der Waals surface area contributed by atoms with Gasteiger partial charge in [-0.1, -0.05) is 24.3 Å². The molecule has 2 aromatic heterocycles. The zero-order valence-corrected chi connectivity index (χ0v) is 39.2. The van der Waals surface area contributed by atoms with Crippen LogP contribution in [-0.4, -0.2) is 91.1 Å². The van der Waals surface area contributed by atoms with Crippen LogP contribution in [0.2, 0.25) is 0 Å². The molecule has 0 saturated carbocycles. The molecule has 0 bridgehead atoms. The molecule has 6 aromatic rings. The van der Waals surface area contributed by atoms with E-state index < -0.39 is 23.4 Å². The van der Waals surface area contributed by atoms with Crippen molar-refractivity contribution in [3.05, 3.63) is 128 Å². The molecule has 18 heteroatoms. The van der Waals surface area contributed by atoms with E-state index in [1.54, 1.807) is 43.6 Å². The minimum Gasteiger partial charge on any atom is -0.442 e. The number of anilines is 2. The van der Waals surface area contributed by atoms with Gasteiger partial charge in [-0.3, -0.25) is 20.2 Å². The Kier molecular flexibility index (Phi) is 14.6. The minimum atomic E-state index is -0.614. The topological polar surface area (TPSA) is 205 Å². The Morgan fingerprint density at radius 3 is 1.61 bits per heavy atom. The Morgan fingerprint density at radius 2 is 1.18 bits per heavy atom. The van der Waals surface area contributed by atoms with Crippen LogP contribution in [0.15, 0.2) is 91.3 Å². The predicted octanol–water partition coefficient (Wildman–Crippen LogP) is 9.28. The zero-order valence-electron chi connectivity index (χ0n) is 39.2. The second kappa shape index (κ2) is 20.3. The van der Waals surface area contributed by atoms with Crippen molar-refractivity contribution in [2.24, 2.45) is 0 Å². The summed E-state index contributed by atoms with van der Waals surface area (Å²) in [5.74, 6) is 0. The summed E-state index contributed by atoms with van der Waals surface area (Å²) in [5, 5.41) is 39.8. The highest BCUT2D eigenvalue weighted by Crippen LogP contribution is 2.31. The second-order valence-corrected chi connectivity index (χ2v) is 19.1. The van der Waals surface area contributed by atoms with Crippen LogP contribution < -0.4 is 20.4 Å². The van der Waals surface area contributed by atoms with Gasteiger partial charge in [-0.05, 0) is 135 Å². The number of carbonyl (C=O) groups excluding carboxylic acids is 2. The molecule has 0 radical (unpaired) electrons. The first-order valence-electron chi connectivity index (χ1n) is 22.7. The third kappa shape index (κ3) is 12.1. The largest absolute Gasteiger partial charge is 0.442 e. The molecule has 354 valence electrons. The molecule has 2 fully saturated rings. The maximum Gasteiger partial charge on any atom is 0.435 e. The number of rotatable bonds is 10. The van der Waals surface area contributed by atoms with Crippen LogP contribution >= 0.6 is 0 Å². The number of nitrogens with zero attached hydrogens (tertiary/aromatic N) is 8. The lowest BCUT2D eigenvalue weighted by Gasteiger charge is -2.36. The zero-order chi connectivity index (χ0) is 48.0. The molecule has 67 heavy (non-hydrogen) atoms. The number of nitro benzene ring substituents is 2. The average molecular weight is 917 g/mol. The van der Waals surface area contributed by atoms with E-state index in [1.807, 2.05) is 90.1 Å². The summed E-state index contributed by atoms with van der Waals surface area (Å²) in [6.07, 6.45) is 6.46. The molecule has 4 heterocycles. The van der Waals surface area contributed by atoms with E-state index in [0.29, 0.717) is 29.7 Å². The summed E-state index contributed by atoms with van der Waals surface area (Å²) in [6.45, 7) is 17.4. The highest BCUT2D eigenvalue weighted by molar-refractivity contribution is 5.91. The Morgan fingerprint density at radius 1 is 0.687 bits per heavy atom. The first kappa shape index (κ1) is 48.0. The monoisotopic (exact) mass is 916 g/mol. The van der Waals surface area contributed by atoms with Gasteiger partial charge in [-0.2, -0.15) is 19.6 Å². The van der Waals surface area contributed by atoms with Gasteiger partial charge in [0.2, 0.25) is 0 Å². The predicted molar refractivity (Wildman–Crippen MR) is 258 cm³/mol. The Balaban J connectivity index is 0.000000199.